The number of esters is 1. The van der Waals surface area contributed by atoms with Gasteiger partial charge in [-0.15, -0.1) is 0 Å². The van der Waals surface area contributed by atoms with E-state index in [2.05, 4.69) is 22.0 Å². The number of aliphatic imine (C=N–C) groups is 1. The van der Waals surface area contributed by atoms with Crippen molar-refractivity contribution in [3.05, 3.63) is 95.1 Å². The van der Waals surface area contributed by atoms with Gasteiger partial charge >= 0.3 is 5.97 Å². The third kappa shape index (κ3) is 5.17. The van der Waals surface area contributed by atoms with Gasteiger partial charge < -0.3 is 25.5 Å². The zero-order valence-corrected chi connectivity index (χ0v) is 19.3. The summed E-state index contributed by atoms with van der Waals surface area (Å²) in [5, 5.41) is 11.6. The number of aromatic amines is 1. The van der Waals surface area contributed by atoms with Gasteiger partial charge in [0.25, 0.3) is 0 Å². The summed E-state index contributed by atoms with van der Waals surface area (Å²) in [7, 11) is 4.06. The van der Waals surface area contributed by atoms with E-state index in [9.17, 15) is 9.90 Å². The van der Waals surface area contributed by atoms with Crippen molar-refractivity contribution in [1.29, 1.82) is 0 Å². The molecule has 0 fully saturated rings. The molecule has 0 saturated carbocycles. The molecule has 4 N–H and O–H groups in total. The van der Waals surface area contributed by atoms with Gasteiger partial charge in [0.05, 0.1) is 22.5 Å². The average Bonchev–Trinajstić information content (AvgIpc) is 3.17. The fraction of sp³-hybridized carbons (Fsp3) is 0.185. The van der Waals surface area contributed by atoms with Crippen LogP contribution in [0.15, 0.2) is 77.8 Å². The lowest BCUT2D eigenvalue weighted by Gasteiger charge is -2.10. The maximum atomic E-state index is 12.2. The van der Waals surface area contributed by atoms with E-state index in [1.54, 1.807) is 18.2 Å². The maximum absolute atomic E-state index is 12.2. The van der Waals surface area contributed by atoms with Gasteiger partial charge in [-0.2, -0.15) is 0 Å². The number of hydrogen-bond donors (Lipinski definition) is 3. The van der Waals surface area contributed by atoms with Crippen LogP contribution in [0.1, 0.15) is 27.0 Å². The minimum Gasteiger partial charge on any atom is -0.494 e. The van der Waals surface area contributed by atoms with Gasteiger partial charge in [-0.3, -0.25) is 0 Å². The van der Waals surface area contributed by atoms with Crippen LogP contribution in [0, 0.1) is 0 Å². The summed E-state index contributed by atoms with van der Waals surface area (Å²) in [4.78, 5) is 22.3. The third-order valence-electron chi connectivity index (χ3n) is 5.33. The van der Waals surface area contributed by atoms with Crippen LogP contribution in [-0.2, 0) is 11.3 Å². The van der Waals surface area contributed by atoms with Crippen LogP contribution < -0.4 is 5.73 Å². The second kappa shape index (κ2) is 10.3. The van der Waals surface area contributed by atoms with E-state index in [0.717, 1.165) is 23.2 Å². The number of aromatic nitrogens is 1. The molecular weight excluding hydrogens is 428 g/mol. The number of hydrogen-bond acceptors (Lipinski definition) is 6. The Morgan fingerprint density at radius 2 is 1.76 bits per heavy atom. The number of fused-ring (bicyclic) bond motifs is 1. The van der Waals surface area contributed by atoms with Crippen LogP contribution in [0.4, 0.5) is 5.69 Å². The molecule has 1 aromatic heterocycles. The van der Waals surface area contributed by atoms with Gasteiger partial charge in [0, 0.05) is 29.6 Å². The molecule has 34 heavy (non-hydrogen) atoms. The first-order valence-electron chi connectivity index (χ1n) is 11.1. The predicted octanol–water partition coefficient (Wildman–Crippen LogP) is 4.22. The van der Waals surface area contributed by atoms with Crippen LogP contribution in [-0.4, -0.2) is 53.9 Å². The highest BCUT2D eigenvalue weighted by atomic mass is 16.5. The van der Waals surface area contributed by atoms with Crippen molar-refractivity contribution < 1.29 is 14.6 Å². The molecule has 0 amide bonds. The van der Waals surface area contributed by atoms with Gasteiger partial charge in [0.2, 0.25) is 0 Å². The number of benzene rings is 3. The summed E-state index contributed by atoms with van der Waals surface area (Å²) < 4.78 is 5.13. The first-order valence-corrected chi connectivity index (χ1v) is 11.1. The monoisotopic (exact) mass is 456 g/mol. The number of carbonyl (C=O) groups excluding carboxylic acids is 1. The van der Waals surface area contributed by atoms with E-state index in [4.69, 9.17) is 15.5 Å². The summed E-state index contributed by atoms with van der Waals surface area (Å²) in [5.41, 5.74) is 10.4. The summed E-state index contributed by atoms with van der Waals surface area (Å²) in [6, 6.07) is 22.9. The number of carbonyl (C=O) groups is 1. The van der Waals surface area contributed by atoms with Crippen molar-refractivity contribution in [2.24, 2.45) is 10.7 Å². The van der Waals surface area contributed by atoms with E-state index in [0.29, 0.717) is 22.4 Å². The van der Waals surface area contributed by atoms with Crippen LogP contribution in [0.3, 0.4) is 0 Å². The highest BCUT2D eigenvalue weighted by Crippen LogP contribution is 2.32. The number of aromatic hydroxyl groups is 1. The number of nitrogens with zero attached hydrogens (tertiary/aromatic N) is 2. The molecule has 1 heterocycles. The van der Waals surface area contributed by atoms with E-state index in [-0.39, 0.29) is 19.0 Å². The molecule has 7 heteroatoms. The first kappa shape index (κ1) is 23.2. The lowest BCUT2D eigenvalue weighted by Crippen LogP contribution is -2.13. The maximum Gasteiger partial charge on any atom is 0.338 e. The Labute approximate surface area is 198 Å². The number of nitrogens with one attached hydrogen (secondary N) is 1. The second-order valence-electron chi connectivity index (χ2n) is 8.26. The molecule has 0 aliphatic heterocycles. The SMILES string of the molecule is CN(C)Cc1ccc(N=C(c2ccccc2)c2c(O)[nH]c3cc(C(=O)OCCN)ccc23)cc1. The third-order valence-corrected chi connectivity index (χ3v) is 5.33. The van der Waals surface area contributed by atoms with E-state index < -0.39 is 5.97 Å². The summed E-state index contributed by atoms with van der Waals surface area (Å²) in [5.74, 6) is -0.480. The largest absolute Gasteiger partial charge is 0.494 e. The molecule has 174 valence electrons. The van der Waals surface area contributed by atoms with Crippen molar-refractivity contribution in [2.75, 3.05) is 27.2 Å². The standard InChI is InChI=1S/C27H28N4O3/c1-31(2)17-18-8-11-21(12-9-18)29-25(19-6-4-3-5-7-19)24-22-13-10-20(27(33)34-15-14-28)16-23(22)30-26(24)32/h3-13,16,30,32H,14-15,17,28H2,1-2H3. The lowest BCUT2D eigenvalue weighted by atomic mass is 10.00. The predicted molar refractivity (Wildman–Crippen MR) is 135 cm³/mol. The van der Waals surface area contributed by atoms with Gasteiger partial charge in [0.1, 0.15) is 6.61 Å². The van der Waals surface area contributed by atoms with Gasteiger partial charge in [-0.1, -0.05) is 48.5 Å². The quantitative estimate of drug-likeness (QED) is 0.272. The Bertz CT molecular complexity index is 1310. The zero-order chi connectivity index (χ0) is 24.1. The number of ether oxygens (including phenoxy) is 1. The molecule has 4 rings (SSSR count). The molecule has 3 aromatic carbocycles. The van der Waals surface area contributed by atoms with Gasteiger partial charge in [0.15, 0.2) is 5.88 Å². The van der Waals surface area contributed by atoms with Gasteiger partial charge in [-0.05, 0) is 43.9 Å². The van der Waals surface area contributed by atoms with Crippen LogP contribution in [0.2, 0.25) is 0 Å². The van der Waals surface area contributed by atoms with Crippen molar-refractivity contribution in [3.8, 4) is 5.88 Å². The van der Waals surface area contributed by atoms with Crippen LogP contribution in [0.25, 0.3) is 10.9 Å². The average molecular weight is 457 g/mol. The van der Waals surface area contributed by atoms with Crippen molar-refractivity contribution in [3.63, 3.8) is 0 Å². The molecular formula is C27H28N4O3. The number of rotatable bonds is 8. The van der Waals surface area contributed by atoms with E-state index in [1.165, 1.54) is 5.56 Å². The zero-order valence-electron chi connectivity index (χ0n) is 19.3. The minimum absolute atomic E-state index is 0.0192. The Balaban J connectivity index is 1.79. The fourth-order valence-corrected chi connectivity index (χ4v) is 3.82. The Morgan fingerprint density at radius 1 is 1.03 bits per heavy atom. The topological polar surface area (TPSA) is 104 Å². The molecule has 0 atom stereocenters. The van der Waals surface area contributed by atoms with Crippen LogP contribution in [0.5, 0.6) is 5.88 Å². The molecule has 0 bridgehead atoms. The van der Waals surface area contributed by atoms with Crippen molar-refractivity contribution in [2.45, 2.75) is 6.54 Å². The second-order valence-corrected chi connectivity index (χ2v) is 8.26. The normalized spacial score (nSPS) is 11.8. The highest BCUT2D eigenvalue weighted by Gasteiger charge is 2.20. The minimum atomic E-state index is -0.460. The van der Waals surface area contributed by atoms with Crippen molar-refractivity contribution >= 4 is 28.3 Å². The Kier molecular flexibility index (Phi) is 7.06. The molecule has 0 spiro atoms. The highest BCUT2D eigenvalue weighted by molar-refractivity contribution is 6.22. The molecule has 4 aromatic rings. The smallest absolute Gasteiger partial charge is 0.338 e. The molecule has 0 aliphatic carbocycles. The molecule has 0 aliphatic rings. The van der Waals surface area contributed by atoms with Crippen molar-refractivity contribution in [1.82, 2.24) is 9.88 Å². The van der Waals surface area contributed by atoms with Crippen LogP contribution >= 0.6 is 0 Å². The Morgan fingerprint density at radius 3 is 2.44 bits per heavy atom. The first-order chi connectivity index (χ1) is 16.5. The van der Waals surface area contributed by atoms with E-state index >= 15 is 0 Å². The summed E-state index contributed by atoms with van der Waals surface area (Å²) in [6.07, 6.45) is 0. The molecule has 7 nitrogen and oxygen atoms in total. The number of nitrogens with two attached hydrogens (primary N) is 1. The molecule has 0 saturated heterocycles. The van der Waals surface area contributed by atoms with E-state index in [1.807, 2.05) is 56.6 Å². The lowest BCUT2D eigenvalue weighted by molar-refractivity contribution is 0.0517. The summed E-state index contributed by atoms with van der Waals surface area (Å²) >= 11 is 0. The molecule has 0 radical (unpaired) electrons. The number of H-pyrrole nitrogens is 1. The fourth-order valence-electron chi connectivity index (χ4n) is 3.82. The summed E-state index contributed by atoms with van der Waals surface area (Å²) in [6.45, 7) is 1.25. The molecule has 0 unspecified atom stereocenters. The van der Waals surface area contributed by atoms with Gasteiger partial charge in [-0.25, -0.2) is 9.79 Å². The Hall–Kier alpha value is -3.94.